The maximum Gasteiger partial charge on any atom is 0.101 e. The van der Waals surface area contributed by atoms with Gasteiger partial charge in [-0.2, -0.15) is 0 Å². The zero-order chi connectivity index (χ0) is 12.7. The molecule has 2 aliphatic rings. The second-order valence-corrected chi connectivity index (χ2v) is 6.29. The Balaban J connectivity index is 2.08. The second-order valence-electron chi connectivity index (χ2n) is 5.00. The highest BCUT2D eigenvalue weighted by molar-refractivity contribution is 7.11. The normalized spacial score (nSPS) is 24.9. The van der Waals surface area contributed by atoms with E-state index in [2.05, 4.69) is 29.2 Å². The van der Waals surface area contributed by atoms with Gasteiger partial charge in [0.05, 0.1) is 10.7 Å². The van der Waals surface area contributed by atoms with Crippen molar-refractivity contribution in [2.45, 2.75) is 19.8 Å². The Morgan fingerprint density at radius 2 is 2.22 bits per heavy atom. The molecule has 0 amide bonds. The number of nitrogens with one attached hydrogen (secondary N) is 2. The summed E-state index contributed by atoms with van der Waals surface area (Å²) in [5.41, 5.74) is 4.11. The van der Waals surface area contributed by atoms with Crippen LogP contribution in [0.1, 0.15) is 22.0 Å². The number of rotatable bonds is 0. The molecule has 4 nitrogen and oxygen atoms in total. The lowest BCUT2D eigenvalue weighted by Gasteiger charge is -2.29. The Labute approximate surface area is 111 Å². The first-order chi connectivity index (χ1) is 8.65. The van der Waals surface area contributed by atoms with E-state index in [1.807, 2.05) is 0 Å². The molecule has 0 spiro atoms. The molecule has 96 valence electrons. The smallest absolute Gasteiger partial charge is 0.101 e. The van der Waals surface area contributed by atoms with Crippen LogP contribution in [0, 0.1) is 12.3 Å². The maximum atomic E-state index is 8.17. The Hall–Kier alpha value is -1.20. The summed E-state index contributed by atoms with van der Waals surface area (Å²) < 4.78 is 0. The van der Waals surface area contributed by atoms with E-state index in [0.29, 0.717) is 0 Å². The van der Waals surface area contributed by atoms with Gasteiger partial charge in [-0.05, 0) is 14.0 Å². The first-order valence-electron chi connectivity index (χ1n) is 6.35. The van der Waals surface area contributed by atoms with Crippen molar-refractivity contribution < 1.29 is 0 Å². The fraction of sp³-hybridized carbons (Fsp3) is 0.538. The standard InChI is InChI=1S/C13H18N4S/c1-8-16-13-11(18-8)3-5-15-12(13)9-7-17(2)6-4-10(9)14/h14-15H,3-7H2,1-2H3/b12-9-,14-10?. The van der Waals surface area contributed by atoms with E-state index in [9.17, 15) is 0 Å². The first kappa shape index (κ1) is 11.9. The van der Waals surface area contributed by atoms with Crippen molar-refractivity contribution in [3.63, 3.8) is 0 Å². The average Bonchev–Trinajstić information content (AvgIpc) is 2.72. The molecular formula is C13H18N4S. The number of fused-ring (bicyclic) bond motifs is 1. The number of likely N-dealkylation sites (tertiary alicyclic amines) is 1. The van der Waals surface area contributed by atoms with Gasteiger partial charge in [0.2, 0.25) is 0 Å². The number of nitrogens with zero attached hydrogens (tertiary/aromatic N) is 2. The van der Waals surface area contributed by atoms with Crippen molar-refractivity contribution in [3.8, 4) is 0 Å². The molecule has 1 saturated heterocycles. The number of hydrogen-bond donors (Lipinski definition) is 2. The van der Waals surface area contributed by atoms with Crippen molar-refractivity contribution in [1.29, 1.82) is 5.41 Å². The highest BCUT2D eigenvalue weighted by atomic mass is 32.1. The number of thiazole rings is 1. The van der Waals surface area contributed by atoms with Crippen LogP contribution in [0.5, 0.6) is 0 Å². The topological polar surface area (TPSA) is 52.0 Å². The van der Waals surface area contributed by atoms with E-state index in [4.69, 9.17) is 5.41 Å². The van der Waals surface area contributed by atoms with Crippen molar-refractivity contribution in [1.82, 2.24) is 15.2 Å². The number of aromatic nitrogens is 1. The molecule has 0 radical (unpaired) electrons. The molecule has 1 aromatic heterocycles. The van der Waals surface area contributed by atoms with Crippen molar-refractivity contribution in [2.24, 2.45) is 0 Å². The molecule has 2 aliphatic heterocycles. The van der Waals surface area contributed by atoms with E-state index >= 15 is 0 Å². The molecular weight excluding hydrogens is 244 g/mol. The van der Waals surface area contributed by atoms with E-state index < -0.39 is 0 Å². The van der Waals surface area contributed by atoms with Gasteiger partial charge in [0.25, 0.3) is 0 Å². The summed E-state index contributed by atoms with van der Waals surface area (Å²) in [5, 5.41) is 12.8. The van der Waals surface area contributed by atoms with Gasteiger partial charge in [0.1, 0.15) is 5.69 Å². The molecule has 0 atom stereocenters. The molecule has 0 aliphatic carbocycles. The Morgan fingerprint density at radius 3 is 3.06 bits per heavy atom. The predicted octanol–water partition coefficient (Wildman–Crippen LogP) is 1.66. The zero-order valence-corrected chi connectivity index (χ0v) is 11.7. The van der Waals surface area contributed by atoms with Crippen molar-refractivity contribution in [2.75, 3.05) is 26.7 Å². The average molecular weight is 262 g/mol. The van der Waals surface area contributed by atoms with E-state index in [1.165, 1.54) is 4.88 Å². The minimum Gasteiger partial charge on any atom is -0.383 e. The molecule has 0 aromatic carbocycles. The van der Waals surface area contributed by atoms with E-state index in [1.54, 1.807) is 11.3 Å². The lowest BCUT2D eigenvalue weighted by molar-refractivity contribution is 0.364. The largest absolute Gasteiger partial charge is 0.383 e. The lowest BCUT2D eigenvalue weighted by Crippen LogP contribution is -2.36. The van der Waals surface area contributed by atoms with Crippen LogP contribution in [0.2, 0.25) is 0 Å². The predicted molar refractivity (Wildman–Crippen MR) is 75.3 cm³/mol. The molecule has 0 bridgehead atoms. The van der Waals surface area contributed by atoms with Gasteiger partial charge in [-0.25, -0.2) is 4.98 Å². The molecule has 1 aromatic rings. The van der Waals surface area contributed by atoms with Gasteiger partial charge in [-0.15, -0.1) is 11.3 Å². The van der Waals surface area contributed by atoms with Crippen LogP contribution in [0.15, 0.2) is 5.57 Å². The quantitative estimate of drug-likeness (QED) is 0.747. The van der Waals surface area contributed by atoms with Crippen LogP contribution in [-0.4, -0.2) is 42.3 Å². The summed E-state index contributed by atoms with van der Waals surface area (Å²) in [7, 11) is 2.11. The number of likely N-dealkylation sites (N-methyl/N-ethyl adjacent to an activating group) is 1. The van der Waals surface area contributed by atoms with Crippen LogP contribution < -0.4 is 5.32 Å². The van der Waals surface area contributed by atoms with E-state index in [-0.39, 0.29) is 0 Å². The monoisotopic (exact) mass is 262 g/mol. The minimum absolute atomic E-state index is 0.772. The third-order valence-electron chi connectivity index (χ3n) is 3.53. The second kappa shape index (κ2) is 4.48. The molecule has 18 heavy (non-hydrogen) atoms. The molecule has 3 heterocycles. The van der Waals surface area contributed by atoms with Crippen LogP contribution in [0.25, 0.3) is 5.70 Å². The summed E-state index contributed by atoms with van der Waals surface area (Å²) in [6.45, 7) is 4.86. The number of aryl methyl sites for hydroxylation is 1. The van der Waals surface area contributed by atoms with Gasteiger partial charge in [0.15, 0.2) is 0 Å². The van der Waals surface area contributed by atoms with Crippen LogP contribution in [0.3, 0.4) is 0 Å². The molecule has 1 fully saturated rings. The Kier molecular flexibility index (Phi) is 2.95. The van der Waals surface area contributed by atoms with Crippen LogP contribution in [-0.2, 0) is 6.42 Å². The van der Waals surface area contributed by atoms with Gasteiger partial charge in [-0.3, -0.25) is 0 Å². The van der Waals surface area contributed by atoms with Gasteiger partial charge in [-0.1, -0.05) is 0 Å². The van der Waals surface area contributed by atoms with Gasteiger partial charge < -0.3 is 15.6 Å². The van der Waals surface area contributed by atoms with E-state index in [0.717, 1.165) is 60.2 Å². The maximum absolute atomic E-state index is 8.17. The summed E-state index contributed by atoms with van der Waals surface area (Å²) >= 11 is 1.79. The van der Waals surface area contributed by atoms with Gasteiger partial charge in [0, 0.05) is 48.6 Å². The first-order valence-corrected chi connectivity index (χ1v) is 7.17. The number of piperidine rings is 1. The third kappa shape index (κ3) is 1.97. The molecule has 5 heteroatoms. The Bertz CT molecular complexity index is 529. The van der Waals surface area contributed by atoms with Gasteiger partial charge >= 0.3 is 0 Å². The molecule has 0 unspecified atom stereocenters. The number of hydrogen-bond acceptors (Lipinski definition) is 5. The summed E-state index contributed by atoms with van der Waals surface area (Å²) in [6.07, 6.45) is 1.90. The minimum atomic E-state index is 0.772. The Morgan fingerprint density at radius 1 is 1.39 bits per heavy atom. The highest BCUT2D eigenvalue weighted by Crippen LogP contribution is 2.30. The SMILES string of the molecule is Cc1nc2c(s1)CCN/C2=C1/CN(C)CCC1=N. The summed E-state index contributed by atoms with van der Waals surface area (Å²) in [6, 6.07) is 0. The zero-order valence-electron chi connectivity index (χ0n) is 10.8. The molecule has 3 rings (SSSR count). The van der Waals surface area contributed by atoms with Crippen molar-refractivity contribution >= 4 is 22.7 Å². The lowest BCUT2D eigenvalue weighted by atomic mass is 9.97. The van der Waals surface area contributed by atoms with Crippen LogP contribution in [0.4, 0.5) is 0 Å². The highest BCUT2D eigenvalue weighted by Gasteiger charge is 2.25. The third-order valence-corrected chi connectivity index (χ3v) is 4.56. The summed E-state index contributed by atoms with van der Waals surface area (Å²) in [4.78, 5) is 8.29. The van der Waals surface area contributed by atoms with Crippen molar-refractivity contribution in [3.05, 3.63) is 21.2 Å². The molecule has 2 N–H and O–H groups in total. The fourth-order valence-electron chi connectivity index (χ4n) is 2.60. The summed E-state index contributed by atoms with van der Waals surface area (Å²) in [5.74, 6) is 0. The van der Waals surface area contributed by atoms with Crippen LogP contribution >= 0.6 is 11.3 Å². The molecule has 0 saturated carbocycles. The fourth-order valence-corrected chi connectivity index (χ4v) is 3.54.